The van der Waals surface area contributed by atoms with Gasteiger partial charge in [0.2, 0.25) is 5.91 Å². The van der Waals surface area contributed by atoms with E-state index in [0.29, 0.717) is 18.7 Å². The predicted octanol–water partition coefficient (Wildman–Crippen LogP) is 4.97. The number of benzene rings is 3. The van der Waals surface area contributed by atoms with Gasteiger partial charge in [0.15, 0.2) is 11.5 Å². The number of ether oxygens (including phenoxy) is 2. The van der Waals surface area contributed by atoms with Crippen LogP contribution in [0.25, 0.3) is 0 Å². The van der Waals surface area contributed by atoms with Crippen LogP contribution >= 0.6 is 0 Å². The van der Waals surface area contributed by atoms with Crippen molar-refractivity contribution in [3.63, 3.8) is 0 Å². The second-order valence-corrected chi connectivity index (χ2v) is 7.45. The largest absolute Gasteiger partial charge is 0.493 e. The molecule has 0 spiro atoms. The summed E-state index contributed by atoms with van der Waals surface area (Å²) in [4.78, 5) is 13.1. The van der Waals surface area contributed by atoms with E-state index < -0.39 is 0 Å². The molecule has 4 heteroatoms. The van der Waals surface area contributed by atoms with Gasteiger partial charge in [-0.25, -0.2) is 0 Å². The highest BCUT2D eigenvalue weighted by Gasteiger charge is 2.22. The van der Waals surface area contributed by atoms with Crippen LogP contribution in [0.5, 0.6) is 11.5 Å². The number of amides is 1. The van der Waals surface area contributed by atoms with Gasteiger partial charge >= 0.3 is 0 Å². The van der Waals surface area contributed by atoms with E-state index in [-0.39, 0.29) is 17.9 Å². The van der Waals surface area contributed by atoms with Crippen molar-refractivity contribution < 1.29 is 14.3 Å². The lowest BCUT2D eigenvalue weighted by Crippen LogP contribution is -2.31. The first kappa shape index (κ1) is 21.4. The van der Waals surface area contributed by atoms with Gasteiger partial charge in [-0.05, 0) is 49.1 Å². The first-order valence-electron chi connectivity index (χ1n) is 10.3. The number of carbonyl (C=O) groups excluding carboxylic acids is 1. The summed E-state index contributed by atoms with van der Waals surface area (Å²) in [6, 6.07) is 25.7. The van der Waals surface area contributed by atoms with Crippen LogP contribution in [0.4, 0.5) is 0 Å². The van der Waals surface area contributed by atoms with E-state index in [4.69, 9.17) is 9.47 Å². The second-order valence-electron chi connectivity index (χ2n) is 7.45. The third-order valence-corrected chi connectivity index (χ3v) is 4.83. The van der Waals surface area contributed by atoms with Crippen LogP contribution in [0.1, 0.15) is 36.5 Å². The van der Waals surface area contributed by atoms with Crippen molar-refractivity contribution in [3.05, 3.63) is 95.6 Å². The molecular formula is C26H29NO3. The van der Waals surface area contributed by atoms with Crippen LogP contribution in [-0.4, -0.2) is 25.7 Å². The highest BCUT2D eigenvalue weighted by molar-refractivity contribution is 5.87. The molecular weight excluding hydrogens is 374 g/mol. The van der Waals surface area contributed by atoms with Crippen LogP contribution in [-0.2, 0) is 11.2 Å². The van der Waals surface area contributed by atoms with Crippen molar-refractivity contribution in [1.29, 1.82) is 0 Å². The molecule has 1 N–H and O–H groups in total. The zero-order valence-electron chi connectivity index (χ0n) is 17.8. The number of carbonyl (C=O) groups is 1. The summed E-state index contributed by atoms with van der Waals surface area (Å²) in [5.74, 6) is 1.11. The maximum atomic E-state index is 13.1. The van der Waals surface area contributed by atoms with Crippen LogP contribution < -0.4 is 14.8 Å². The fourth-order valence-electron chi connectivity index (χ4n) is 3.44. The molecule has 0 atom stereocenters. The highest BCUT2D eigenvalue weighted by Crippen LogP contribution is 2.29. The number of methoxy groups -OCH3 is 1. The summed E-state index contributed by atoms with van der Waals surface area (Å²) in [7, 11) is 1.63. The van der Waals surface area contributed by atoms with Gasteiger partial charge in [-0.1, -0.05) is 66.7 Å². The Bertz CT molecular complexity index is 900. The van der Waals surface area contributed by atoms with Crippen LogP contribution in [0, 0.1) is 0 Å². The third kappa shape index (κ3) is 5.63. The van der Waals surface area contributed by atoms with Gasteiger partial charge < -0.3 is 14.8 Å². The summed E-state index contributed by atoms with van der Waals surface area (Å²) < 4.78 is 11.2. The maximum Gasteiger partial charge on any atom is 0.232 e. The Morgan fingerprint density at radius 3 is 2.00 bits per heavy atom. The molecule has 0 fully saturated rings. The molecule has 3 aromatic rings. The lowest BCUT2D eigenvalue weighted by molar-refractivity contribution is -0.121. The molecule has 0 aliphatic heterocycles. The monoisotopic (exact) mass is 403 g/mol. The Kier molecular flexibility index (Phi) is 7.50. The molecule has 0 aliphatic carbocycles. The molecule has 0 radical (unpaired) electrons. The average Bonchev–Trinajstić information content (AvgIpc) is 2.75. The van der Waals surface area contributed by atoms with Gasteiger partial charge in [0.05, 0.1) is 19.1 Å². The van der Waals surface area contributed by atoms with Gasteiger partial charge in [0, 0.05) is 6.54 Å². The van der Waals surface area contributed by atoms with E-state index >= 15 is 0 Å². The Balaban J connectivity index is 1.69. The quantitative estimate of drug-likeness (QED) is 0.549. The van der Waals surface area contributed by atoms with E-state index in [1.54, 1.807) is 7.11 Å². The van der Waals surface area contributed by atoms with Crippen LogP contribution in [0.15, 0.2) is 78.9 Å². The first-order chi connectivity index (χ1) is 14.6. The highest BCUT2D eigenvalue weighted by atomic mass is 16.5. The summed E-state index contributed by atoms with van der Waals surface area (Å²) in [5, 5.41) is 3.11. The van der Waals surface area contributed by atoms with Gasteiger partial charge in [-0.2, -0.15) is 0 Å². The fraction of sp³-hybridized carbons (Fsp3) is 0.269. The Morgan fingerprint density at radius 2 is 1.47 bits per heavy atom. The number of hydrogen-bond donors (Lipinski definition) is 1. The summed E-state index contributed by atoms with van der Waals surface area (Å²) >= 11 is 0. The van der Waals surface area contributed by atoms with Crippen molar-refractivity contribution in [2.24, 2.45) is 0 Å². The maximum absolute atomic E-state index is 13.1. The van der Waals surface area contributed by atoms with Crippen LogP contribution in [0.2, 0.25) is 0 Å². The molecule has 0 saturated carbocycles. The number of hydrogen-bond acceptors (Lipinski definition) is 3. The smallest absolute Gasteiger partial charge is 0.232 e. The Morgan fingerprint density at radius 1 is 0.867 bits per heavy atom. The Labute approximate surface area is 178 Å². The van der Waals surface area contributed by atoms with Crippen molar-refractivity contribution in [2.75, 3.05) is 13.7 Å². The van der Waals surface area contributed by atoms with Gasteiger partial charge in [0.25, 0.3) is 0 Å². The second kappa shape index (κ2) is 10.5. The minimum atomic E-state index is -0.330. The lowest BCUT2D eigenvalue weighted by Gasteiger charge is -2.18. The van der Waals surface area contributed by atoms with Gasteiger partial charge in [-0.15, -0.1) is 0 Å². The molecule has 30 heavy (non-hydrogen) atoms. The average molecular weight is 404 g/mol. The molecule has 0 aromatic heterocycles. The van der Waals surface area contributed by atoms with E-state index in [1.807, 2.05) is 92.7 Å². The summed E-state index contributed by atoms with van der Waals surface area (Å²) in [6.07, 6.45) is 0.770. The molecule has 0 unspecified atom stereocenters. The van der Waals surface area contributed by atoms with Crippen molar-refractivity contribution in [3.8, 4) is 11.5 Å². The predicted molar refractivity (Wildman–Crippen MR) is 120 cm³/mol. The zero-order chi connectivity index (χ0) is 21.3. The molecule has 0 heterocycles. The summed E-state index contributed by atoms with van der Waals surface area (Å²) in [5.41, 5.74) is 3.05. The molecule has 3 aromatic carbocycles. The van der Waals surface area contributed by atoms with E-state index in [9.17, 15) is 4.79 Å². The Hall–Kier alpha value is -3.27. The topological polar surface area (TPSA) is 47.6 Å². The first-order valence-corrected chi connectivity index (χ1v) is 10.3. The lowest BCUT2D eigenvalue weighted by atomic mass is 9.90. The number of nitrogens with one attached hydrogen (secondary N) is 1. The molecule has 0 bridgehead atoms. The SMILES string of the molecule is COc1ccc(CCNC(=O)C(c2ccccc2)c2ccccc2)cc1OC(C)C. The molecule has 1 amide bonds. The van der Waals surface area contributed by atoms with Crippen LogP contribution in [0.3, 0.4) is 0 Å². The molecule has 3 rings (SSSR count). The molecule has 4 nitrogen and oxygen atoms in total. The molecule has 156 valence electrons. The van der Waals surface area contributed by atoms with E-state index in [2.05, 4.69) is 5.32 Å². The van der Waals surface area contributed by atoms with E-state index in [0.717, 1.165) is 22.4 Å². The molecule has 0 saturated heterocycles. The zero-order valence-corrected chi connectivity index (χ0v) is 17.8. The van der Waals surface area contributed by atoms with Crippen molar-refractivity contribution in [1.82, 2.24) is 5.32 Å². The van der Waals surface area contributed by atoms with Gasteiger partial charge in [-0.3, -0.25) is 4.79 Å². The van der Waals surface area contributed by atoms with Crippen molar-refractivity contribution in [2.45, 2.75) is 32.3 Å². The number of rotatable bonds is 9. The summed E-state index contributed by atoms with van der Waals surface area (Å²) in [6.45, 7) is 4.52. The van der Waals surface area contributed by atoms with E-state index in [1.165, 1.54) is 0 Å². The van der Waals surface area contributed by atoms with Gasteiger partial charge in [0.1, 0.15) is 0 Å². The minimum Gasteiger partial charge on any atom is -0.493 e. The standard InChI is InChI=1S/C26H29NO3/c1-19(2)30-24-18-20(14-15-23(24)29-3)16-17-27-26(28)25(21-10-6-4-7-11-21)22-12-8-5-9-13-22/h4-15,18-19,25H,16-17H2,1-3H3,(H,27,28). The fourth-order valence-corrected chi connectivity index (χ4v) is 3.44. The minimum absolute atomic E-state index is 0.000402. The molecule has 0 aliphatic rings. The van der Waals surface area contributed by atoms with Crippen molar-refractivity contribution >= 4 is 5.91 Å². The third-order valence-electron chi connectivity index (χ3n) is 4.83. The normalized spacial score (nSPS) is 10.8.